The summed E-state index contributed by atoms with van der Waals surface area (Å²) in [5, 5.41) is 9.21. The van der Waals surface area contributed by atoms with Gasteiger partial charge in [-0.1, -0.05) is 18.2 Å². The van der Waals surface area contributed by atoms with E-state index < -0.39 is 24.0 Å². The van der Waals surface area contributed by atoms with E-state index in [1.807, 2.05) is 0 Å². The van der Waals surface area contributed by atoms with Gasteiger partial charge in [0.2, 0.25) is 0 Å². The van der Waals surface area contributed by atoms with Gasteiger partial charge in [0.25, 0.3) is 5.91 Å². The summed E-state index contributed by atoms with van der Waals surface area (Å²) in [6.45, 7) is -0.170. The second kappa shape index (κ2) is 6.95. The Morgan fingerprint density at radius 2 is 2.00 bits per heavy atom. The Bertz CT molecular complexity index is 639. The van der Waals surface area contributed by atoms with Gasteiger partial charge >= 0.3 is 12.1 Å². The minimum atomic E-state index is -1.35. The summed E-state index contributed by atoms with van der Waals surface area (Å²) in [5.41, 5.74) is 0.751. The molecule has 2 rings (SSSR count). The van der Waals surface area contributed by atoms with E-state index in [1.165, 1.54) is 0 Å². The Morgan fingerprint density at radius 1 is 1.35 bits per heavy atom. The normalized spacial score (nSPS) is 19.0. The molecule has 2 amide bonds. The summed E-state index contributed by atoms with van der Waals surface area (Å²) >= 11 is 0. The lowest BCUT2D eigenvalue weighted by Gasteiger charge is -2.18. The van der Waals surface area contributed by atoms with E-state index in [9.17, 15) is 19.5 Å². The van der Waals surface area contributed by atoms with Crippen LogP contribution in [-0.4, -0.2) is 59.6 Å². The minimum absolute atomic E-state index is 0.170. The monoisotopic (exact) mass is 318 g/mol. The number of carbonyl (C=O) groups excluding carboxylic acids is 2. The Hall–Kier alpha value is -2.83. The van der Waals surface area contributed by atoms with Gasteiger partial charge in [0.05, 0.1) is 11.6 Å². The van der Waals surface area contributed by atoms with E-state index in [2.05, 4.69) is 0 Å². The number of hydrogen-bond donors (Lipinski definition) is 1. The molecule has 1 saturated heterocycles. The number of carboxylic acid groups (broad SMARTS) is 1. The topological polar surface area (TPSA) is 87.2 Å². The van der Waals surface area contributed by atoms with Crippen LogP contribution in [0.5, 0.6) is 0 Å². The molecule has 0 spiro atoms. The van der Waals surface area contributed by atoms with E-state index in [1.54, 1.807) is 55.5 Å². The predicted molar refractivity (Wildman–Crippen MR) is 81.8 cm³/mol. The van der Waals surface area contributed by atoms with Gasteiger partial charge < -0.3 is 14.7 Å². The molecule has 0 saturated carbocycles. The SMILES string of the molecule is CN(C)/C=C1\C[C@@H](COC(=O)c2ccccc2)N(C(=O)O)C1=O. The molecule has 0 aromatic heterocycles. The number of ether oxygens (including phenoxy) is 1. The Labute approximate surface area is 133 Å². The van der Waals surface area contributed by atoms with E-state index in [-0.39, 0.29) is 13.0 Å². The summed E-state index contributed by atoms with van der Waals surface area (Å²) in [4.78, 5) is 37.7. The molecule has 0 radical (unpaired) electrons. The smallest absolute Gasteiger partial charge is 0.414 e. The van der Waals surface area contributed by atoms with Gasteiger partial charge in [0, 0.05) is 32.3 Å². The zero-order chi connectivity index (χ0) is 17.0. The highest BCUT2D eigenvalue weighted by atomic mass is 16.5. The maximum Gasteiger partial charge on any atom is 0.414 e. The Balaban J connectivity index is 2.07. The highest BCUT2D eigenvalue weighted by Gasteiger charge is 2.40. The van der Waals surface area contributed by atoms with Gasteiger partial charge in [0.1, 0.15) is 6.61 Å². The first-order valence-corrected chi connectivity index (χ1v) is 7.06. The van der Waals surface area contributed by atoms with Crippen molar-refractivity contribution in [1.29, 1.82) is 0 Å². The molecule has 1 aromatic rings. The van der Waals surface area contributed by atoms with Crippen molar-refractivity contribution < 1.29 is 24.2 Å². The third-order valence-electron chi connectivity index (χ3n) is 3.35. The molecule has 1 atom stereocenters. The summed E-state index contributed by atoms with van der Waals surface area (Å²) in [5.74, 6) is -1.12. The van der Waals surface area contributed by atoms with Crippen LogP contribution in [0.1, 0.15) is 16.8 Å². The fraction of sp³-hybridized carbons (Fsp3) is 0.312. The molecular weight excluding hydrogens is 300 g/mol. The number of esters is 1. The van der Waals surface area contributed by atoms with Gasteiger partial charge in [-0.05, 0) is 12.1 Å². The highest BCUT2D eigenvalue weighted by molar-refractivity contribution is 6.04. The van der Waals surface area contributed by atoms with Gasteiger partial charge in [-0.2, -0.15) is 0 Å². The molecule has 1 heterocycles. The molecule has 23 heavy (non-hydrogen) atoms. The number of rotatable bonds is 4. The van der Waals surface area contributed by atoms with Crippen LogP contribution in [0.4, 0.5) is 4.79 Å². The van der Waals surface area contributed by atoms with E-state index in [0.29, 0.717) is 16.0 Å². The maximum atomic E-state index is 12.1. The predicted octanol–water partition coefficient (Wildman–Crippen LogP) is 1.57. The number of benzene rings is 1. The second-order valence-electron chi connectivity index (χ2n) is 5.40. The zero-order valence-electron chi connectivity index (χ0n) is 12.9. The molecule has 0 aliphatic carbocycles. The third-order valence-corrected chi connectivity index (χ3v) is 3.35. The molecule has 7 nitrogen and oxygen atoms in total. The standard InChI is InChI=1S/C16H18N2O5/c1-17(2)9-12-8-13(18(14(12)19)16(21)22)10-23-15(20)11-6-4-3-5-7-11/h3-7,9,13H,8,10H2,1-2H3,(H,21,22)/b12-9+/t13-/m0/s1. The molecule has 1 aliphatic rings. The van der Waals surface area contributed by atoms with Crippen LogP contribution in [0.2, 0.25) is 0 Å². The molecule has 1 fully saturated rings. The summed E-state index contributed by atoms with van der Waals surface area (Å²) in [6.07, 6.45) is 0.445. The van der Waals surface area contributed by atoms with Crippen LogP contribution in [0.25, 0.3) is 0 Å². The van der Waals surface area contributed by atoms with Gasteiger partial charge in [-0.15, -0.1) is 0 Å². The minimum Gasteiger partial charge on any atom is -0.465 e. The summed E-state index contributed by atoms with van der Waals surface area (Å²) < 4.78 is 5.16. The van der Waals surface area contributed by atoms with Crippen molar-refractivity contribution in [2.24, 2.45) is 0 Å². The van der Waals surface area contributed by atoms with Gasteiger partial charge in [-0.25, -0.2) is 14.5 Å². The van der Waals surface area contributed by atoms with Crippen molar-refractivity contribution in [3.05, 3.63) is 47.7 Å². The number of likely N-dealkylation sites (tertiary alicyclic amines) is 1. The fourth-order valence-corrected chi connectivity index (χ4v) is 2.38. The maximum absolute atomic E-state index is 12.1. The van der Waals surface area contributed by atoms with Crippen molar-refractivity contribution in [1.82, 2.24) is 9.80 Å². The Kier molecular flexibility index (Phi) is 5.00. The summed E-state index contributed by atoms with van der Waals surface area (Å²) in [6, 6.07) is 7.69. The summed E-state index contributed by atoms with van der Waals surface area (Å²) in [7, 11) is 3.49. The number of nitrogens with zero attached hydrogens (tertiary/aromatic N) is 2. The lowest BCUT2D eigenvalue weighted by Crippen LogP contribution is -2.40. The average Bonchev–Trinajstić information content (AvgIpc) is 2.81. The molecule has 7 heteroatoms. The molecule has 0 unspecified atom stereocenters. The van der Waals surface area contributed by atoms with Crippen molar-refractivity contribution >= 4 is 18.0 Å². The Morgan fingerprint density at radius 3 is 2.57 bits per heavy atom. The lowest BCUT2D eigenvalue weighted by atomic mass is 10.1. The van der Waals surface area contributed by atoms with E-state index in [0.717, 1.165) is 0 Å². The molecule has 1 aliphatic heterocycles. The van der Waals surface area contributed by atoms with Crippen LogP contribution in [0.15, 0.2) is 42.1 Å². The molecule has 0 bridgehead atoms. The highest BCUT2D eigenvalue weighted by Crippen LogP contribution is 2.25. The third kappa shape index (κ3) is 3.88. The fourth-order valence-electron chi connectivity index (χ4n) is 2.38. The molecule has 1 aromatic carbocycles. The first kappa shape index (κ1) is 16.5. The molecule has 1 N–H and O–H groups in total. The van der Waals surface area contributed by atoms with Crippen molar-refractivity contribution in [2.75, 3.05) is 20.7 Å². The average molecular weight is 318 g/mol. The van der Waals surface area contributed by atoms with Gasteiger partial charge in [0.15, 0.2) is 0 Å². The first-order chi connectivity index (χ1) is 10.9. The van der Waals surface area contributed by atoms with Crippen LogP contribution < -0.4 is 0 Å². The number of carbonyl (C=O) groups is 3. The lowest BCUT2D eigenvalue weighted by molar-refractivity contribution is -0.124. The zero-order valence-corrected chi connectivity index (χ0v) is 12.9. The van der Waals surface area contributed by atoms with Crippen LogP contribution >= 0.6 is 0 Å². The van der Waals surface area contributed by atoms with Crippen molar-refractivity contribution in [3.63, 3.8) is 0 Å². The van der Waals surface area contributed by atoms with E-state index >= 15 is 0 Å². The van der Waals surface area contributed by atoms with E-state index in [4.69, 9.17) is 4.74 Å². The largest absolute Gasteiger partial charge is 0.465 e. The van der Waals surface area contributed by atoms with Crippen molar-refractivity contribution in [2.45, 2.75) is 12.5 Å². The van der Waals surface area contributed by atoms with Gasteiger partial charge in [-0.3, -0.25) is 4.79 Å². The number of imide groups is 1. The number of hydrogen-bond acceptors (Lipinski definition) is 5. The van der Waals surface area contributed by atoms with Crippen molar-refractivity contribution in [3.8, 4) is 0 Å². The van der Waals surface area contributed by atoms with Crippen LogP contribution in [0.3, 0.4) is 0 Å². The quantitative estimate of drug-likeness (QED) is 0.670. The van der Waals surface area contributed by atoms with Crippen LogP contribution in [0, 0.1) is 0 Å². The number of amides is 2. The first-order valence-electron chi connectivity index (χ1n) is 7.06. The molecular formula is C16H18N2O5. The van der Waals surface area contributed by atoms with Crippen LogP contribution in [-0.2, 0) is 9.53 Å². The second-order valence-corrected chi connectivity index (χ2v) is 5.40. The molecule has 122 valence electrons.